The predicted molar refractivity (Wildman–Crippen MR) is 101 cm³/mol. The molecule has 0 bridgehead atoms. The maximum atomic E-state index is 14.0. The number of fused-ring (bicyclic) bond motifs is 3. The Labute approximate surface area is 166 Å². The van der Waals surface area contributed by atoms with E-state index in [-0.39, 0.29) is 26.5 Å². The van der Waals surface area contributed by atoms with E-state index in [1.807, 2.05) is 0 Å². The monoisotopic (exact) mass is 444 g/mol. The van der Waals surface area contributed by atoms with Crippen LogP contribution in [-0.2, 0) is 16.0 Å². The summed E-state index contributed by atoms with van der Waals surface area (Å²) in [5, 5.41) is 4.07. The van der Waals surface area contributed by atoms with Gasteiger partial charge in [0.2, 0.25) is 0 Å². The number of alkyl halides is 3. The molecule has 4 rings (SSSR count). The van der Waals surface area contributed by atoms with Gasteiger partial charge in [-0.1, -0.05) is 0 Å². The Balaban J connectivity index is 2.06. The zero-order chi connectivity index (χ0) is 21.1. The van der Waals surface area contributed by atoms with Crippen LogP contribution < -0.4 is 4.74 Å². The molecule has 0 aliphatic heterocycles. The number of ether oxygens (including phenoxy) is 1. The molecule has 2 aromatic heterocycles. The summed E-state index contributed by atoms with van der Waals surface area (Å²) < 4.78 is 84.3. The molecule has 0 spiro atoms. The van der Waals surface area contributed by atoms with Crippen LogP contribution in [0.3, 0.4) is 0 Å². The molecule has 4 aromatic rings. The van der Waals surface area contributed by atoms with Crippen molar-refractivity contribution in [3.63, 3.8) is 0 Å². The Morgan fingerprint density at radius 3 is 2.34 bits per heavy atom. The Kier molecular flexibility index (Phi) is 4.35. The predicted octanol–water partition coefficient (Wildman–Crippen LogP) is 4.81. The van der Waals surface area contributed by atoms with Crippen molar-refractivity contribution in [2.45, 2.75) is 11.1 Å². The molecule has 0 N–H and O–H groups in total. The summed E-state index contributed by atoms with van der Waals surface area (Å²) >= 11 is 0.777. The lowest BCUT2D eigenvalue weighted by atomic mass is 10.2. The maximum Gasteiger partial charge on any atom is 0.436 e. The largest absolute Gasteiger partial charge is 0.494 e. The molecule has 0 aliphatic carbocycles. The average Bonchev–Trinajstić information content (AvgIpc) is 3.16. The molecular formula is C18H12F4N2O3S2. The highest BCUT2D eigenvalue weighted by atomic mass is 32.2. The number of halogens is 4. The fourth-order valence-electron chi connectivity index (χ4n) is 3.01. The molecule has 29 heavy (non-hydrogen) atoms. The zero-order valence-electron chi connectivity index (χ0n) is 14.9. The average molecular weight is 444 g/mol. The van der Waals surface area contributed by atoms with E-state index in [0.717, 1.165) is 28.3 Å². The first-order chi connectivity index (χ1) is 13.5. The SMILES string of the molecule is COc1cc2c(cc1F)sc1c(C(F)(F)F)nn(-c3ccc(S(C)(=O)=O)cc3)c12. The third-order valence-corrected chi connectivity index (χ3v) is 6.62. The van der Waals surface area contributed by atoms with Crippen molar-refractivity contribution in [1.29, 1.82) is 0 Å². The second kappa shape index (κ2) is 6.42. The number of hydrogen-bond acceptors (Lipinski definition) is 5. The summed E-state index contributed by atoms with van der Waals surface area (Å²) in [6.07, 6.45) is -3.69. The number of hydrogen-bond donors (Lipinski definition) is 0. The van der Waals surface area contributed by atoms with Gasteiger partial charge in [0.1, 0.15) is 0 Å². The third-order valence-electron chi connectivity index (χ3n) is 4.34. The fourth-order valence-corrected chi connectivity index (χ4v) is 4.84. The molecule has 0 amide bonds. The van der Waals surface area contributed by atoms with Crippen LogP contribution in [0.4, 0.5) is 17.6 Å². The maximum absolute atomic E-state index is 14.0. The van der Waals surface area contributed by atoms with E-state index in [0.29, 0.717) is 10.1 Å². The minimum Gasteiger partial charge on any atom is -0.494 e. The van der Waals surface area contributed by atoms with Crippen LogP contribution in [0.25, 0.3) is 26.0 Å². The standard InChI is InChI=1S/C18H12F4N2O3S2/c1-27-13-7-11-14(8-12(13)19)28-16-15(11)24(23-17(16)18(20,21)22)9-3-5-10(6-4-9)29(2,25)26/h3-8H,1-2H3. The smallest absolute Gasteiger partial charge is 0.436 e. The molecule has 0 radical (unpaired) electrons. The minimum atomic E-state index is -4.72. The van der Waals surface area contributed by atoms with Crippen molar-refractivity contribution < 1.29 is 30.7 Å². The van der Waals surface area contributed by atoms with E-state index in [1.54, 1.807) is 0 Å². The van der Waals surface area contributed by atoms with E-state index >= 15 is 0 Å². The van der Waals surface area contributed by atoms with Crippen LogP contribution in [0.5, 0.6) is 5.75 Å². The Bertz CT molecular complexity index is 1350. The van der Waals surface area contributed by atoms with E-state index < -0.39 is 27.5 Å². The van der Waals surface area contributed by atoms with E-state index in [1.165, 1.54) is 37.4 Å². The Morgan fingerprint density at radius 1 is 1.14 bits per heavy atom. The van der Waals surface area contributed by atoms with Gasteiger partial charge >= 0.3 is 6.18 Å². The normalized spacial score (nSPS) is 12.8. The Morgan fingerprint density at radius 2 is 1.79 bits per heavy atom. The van der Waals surface area contributed by atoms with Gasteiger partial charge < -0.3 is 4.74 Å². The van der Waals surface area contributed by atoms with E-state index in [4.69, 9.17) is 4.74 Å². The summed E-state index contributed by atoms with van der Waals surface area (Å²) in [5.41, 5.74) is -0.719. The highest BCUT2D eigenvalue weighted by Crippen LogP contribution is 2.44. The molecule has 0 atom stereocenters. The quantitative estimate of drug-likeness (QED) is 0.426. The topological polar surface area (TPSA) is 61.2 Å². The van der Waals surface area contributed by atoms with Gasteiger partial charge in [-0.15, -0.1) is 11.3 Å². The lowest BCUT2D eigenvalue weighted by molar-refractivity contribution is -0.140. The molecule has 0 unspecified atom stereocenters. The first-order valence-corrected chi connectivity index (χ1v) is 10.8. The number of nitrogens with zero attached hydrogens (tertiary/aromatic N) is 2. The minimum absolute atomic E-state index is 0.0274. The van der Waals surface area contributed by atoms with Crippen molar-refractivity contribution >= 4 is 41.5 Å². The lowest BCUT2D eigenvalue weighted by Gasteiger charge is -2.07. The van der Waals surface area contributed by atoms with Crippen LogP contribution in [-0.4, -0.2) is 31.6 Å². The first-order valence-electron chi connectivity index (χ1n) is 8.07. The van der Waals surface area contributed by atoms with E-state index in [9.17, 15) is 26.0 Å². The Hall–Kier alpha value is -2.66. The molecule has 2 heterocycles. The van der Waals surface area contributed by atoms with Crippen molar-refractivity contribution in [2.24, 2.45) is 0 Å². The molecule has 0 fully saturated rings. The number of methoxy groups -OCH3 is 1. The van der Waals surface area contributed by atoms with Gasteiger partial charge in [-0.25, -0.2) is 17.5 Å². The molecule has 0 aliphatic rings. The number of thiophene rings is 1. The summed E-state index contributed by atoms with van der Waals surface area (Å²) in [6.45, 7) is 0. The molecule has 0 saturated carbocycles. The van der Waals surface area contributed by atoms with Crippen molar-refractivity contribution in [3.05, 3.63) is 47.9 Å². The molecule has 5 nitrogen and oxygen atoms in total. The van der Waals surface area contributed by atoms with Gasteiger partial charge in [-0.3, -0.25) is 0 Å². The molecule has 0 saturated heterocycles. The van der Waals surface area contributed by atoms with Crippen LogP contribution in [0.15, 0.2) is 41.3 Å². The molecule has 2 aromatic carbocycles. The lowest BCUT2D eigenvalue weighted by Crippen LogP contribution is -2.07. The summed E-state index contributed by atoms with van der Waals surface area (Å²) in [4.78, 5) is 0.0274. The number of sulfone groups is 1. The van der Waals surface area contributed by atoms with Gasteiger partial charge in [0.15, 0.2) is 27.1 Å². The number of aromatic nitrogens is 2. The second-order valence-electron chi connectivity index (χ2n) is 6.29. The second-order valence-corrected chi connectivity index (χ2v) is 9.35. The van der Waals surface area contributed by atoms with Crippen LogP contribution in [0.1, 0.15) is 5.69 Å². The van der Waals surface area contributed by atoms with Crippen molar-refractivity contribution in [3.8, 4) is 11.4 Å². The third kappa shape index (κ3) is 3.23. The van der Waals surface area contributed by atoms with Gasteiger partial charge in [0.25, 0.3) is 0 Å². The number of benzene rings is 2. The zero-order valence-corrected chi connectivity index (χ0v) is 16.5. The van der Waals surface area contributed by atoms with Crippen LogP contribution >= 0.6 is 11.3 Å². The highest BCUT2D eigenvalue weighted by Gasteiger charge is 2.38. The van der Waals surface area contributed by atoms with Crippen LogP contribution in [0.2, 0.25) is 0 Å². The first kappa shape index (κ1) is 19.6. The molecular weight excluding hydrogens is 432 g/mol. The molecule has 11 heteroatoms. The van der Waals surface area contributed by atoms with Gasteiger partial charge in [-0.05, 0) is 36.4 Å². The van der Waals surface area contributed by atoms with Gasteiger partial charge in [-0.2, -0.15) is 18.3 Å². The fraction of sp³-hybridized carbons (Fsp3) is 0.167. The highest BCUT2D eigenvalue weighted by molar-refractivity contribution is 7.90. The van der Waals surface area contributed by atoms with Gasteiger partial charge in [0.05, 0.1) is 27.9 Å². The van der Waals surface area contributed by atoms with Crippen LogP contribution in [0, 0.1) is 5.82 Å². The molecule has 152 valence electrons. The van der Waals surface area contributed by atoms with E-state index in [2.05, 4.69) is 5.10 Å². The summed E-state index contributed by atoms with van der Waals surface area (Å²) in [7, 11) is -2.21. The van der Waals surface area contributed by atoms with Gasteiger partial charge in [0, 0.05) is 16.3 Å². The summed E-state index contributed by atoms with van der Waals surface area (Å²) in [6, 6.07) is 7.77. The van der Waals surface area contributed by atoms with Crippen molar-refractivity contribution in [1.82, 2.24) is 9.78 Å². The number of rotatable bonds is 3. The summed E-state index contributed by atoms with van der Waals surface area (Å²) in [5.74, 6) is -0.791. The van der Waals surface area contributed by atoms with Crippen molar-refractivity contribution in [2.75, 3.05) is 13.4 Å².